The first-order chi connectivity index (χ1) is 15.5. The highest BCUT2D eigenvalue weighted by atomic mass is 16.4. The van der Waals surface area contributed by atoms with Crippen LogP contribution in [0.25, 0.3) is 0 Å². The van der Waals surface area contributed by atoms with E-state index >= 15 is 0 Å². The number of nitrogens with zero attached hydrogens (tertiary/aromatic N) is 1. The summed E-state index contributed by atoms with van der Waals surface area (Å²) in [4.78, 5) is 25.0. The zero-order valence-corrected chi connectivity index (χ0v) is 17.9. The molecule has 3 aromatic rings. The predicted molar refractivity (Wildman–Crippen MR) is 123 cm³/mol. The minimum absolute atomic E-state index is 0.0236. The molecular weight excluding hydrogens is 400 g/mol. The summed E-state index contributed by atoms with van der Waals surface area (Å²) in [6.07, 6.45) is 0.0718. The number of benzene rings is 3. The van der Waals surface area contributed by atoms with Crippen LogP contribution in [-0.2, 0) is 15.0 Å². The average Bonchev–Trinajstić information content (AvgIpc) is 2.83. The normalized spacial score (nSPS) is 12.9. The third kappa shape index (κ3) is 5.04. The lowest BCUT2D eigenvalue weighted by Gasteiger charge is -2.36. The molecule has 0 bridgehead atoms. The van der Waals surface area contributed by atoms with Crippen LogP contribution in [0.15, 0.2) is 91.0 Å². The van der Waals surface area contributed by atoms with E-state index in [1.807, 2.05) is 97.1 Å². The zero-order valence-electron chi connectivity index (χ0n) is 17.9. The van der Waals surface area contributed by atoms with E-state index in [2.05, 4.69) is 5.32 Å². The van der Waals surface area contributed by atoms with Crippen LogP contribution >= 0.6 is 0 Å². The molecule has 3 aromatic carbocycles. The molecule has 0 heterocycles. The van der Waals surface area contributed by atoms with E-state index in [0.717, 1.165) is 16.7 Å². The van der Waals surface area contributed by atoms with Gasteiger partial charge >= 0.3 is 5.97 Å². The lowest BCUT2D eigenvalue weighted by atomic mass is 9.67. The molecule has 0 saturated heterocycles. The fourth-order valence-corrected chi connectivity index (χ4v) is 4.09. The second kappa shape index (κ2) is 10.4. The molecule has 2 N–H and O–H groups in total. The number of hydrogen-bond donors (Lipinski definition) is 2. The van der Waals surface area contributed by atoms with Crippen molar-refractivity contribution in [2.45, 2.75) is 31.2 Å². The van der Waals surface area contributed by atoms with Crippen molar-refractivity contribution in [3.63, 3.8) is 0 Å². The average molecular weight is 427 g/mol. The van der Waals surface area contributed by atoms with E-state index in [1.54, 1.807) is 6.92 Å². The Kier molecular flexibility index (Phi) is 7.41. The van der Waals surface area contributed by atoms with Gasteiger partial charge in [0.1, 0.15) is 6.04 Å². The summed E-state index contributed by atoms with van der Waals surface area (Å²) < 4.78 is 0. The van der Waals surface area contributed by atoms with Crippen LogP contribution < -0.4 is 5.32 Å². The highest BCUT2D eigenvalue weighted by Gasteiger charge is 2.39. The van der Waals surface area contributed by atoms with Gasteiger partial charge in [-0.05, 0) is 30.0 Å². The van der Waals surface area contributed by atoms with E-state index in [-0.39, 0.29) is 18.7 Å². The number of amides is 1. The van der Waals surface area contributed by atoms with Gasteiger partial charge in [0.2, 0.25) is 5.91 Å². The van der Waals surface area contributed by atoms with E-state index < -0.39 is 23.3 Å². The van der Waals surface area contributed by atoms with Crippen LogP contribution in [0.5, 0.6) is 0 Å². The van der Waals surface area contributed by atoms with E-state index in [0.29, 0.717) is 0 Å². The third-order valence-corrected chi connectivity index (χ3v) is 5.67. The molecule has 0 aliphatic carbocycles. The van der Waals surface area contributed by atoms with Crippen molar-refractivity contribution < 1.29 is 14.7 Å². The maximum Gasteiger partial charge on any atom is 0.326 e. The molecule has 0 unspecified atom stereocenters. The van der Waals surface area contributed by atoms with Gasteiger partial charge in [-0.2, -0.15) is 5.26 Å². The number of aliphatic carboxylic acids is 1. The van der Waals surface area contributed by atoms with Crippen molar-refractivity contribution in [2.75, 3.05) is 0 Å². The van der Waals surface area contributed by atoms with Crippen molar-refractivity contribution in [2.24, 2.45) is 5.92 Å². The summed E-state index contributed by atoms with van der Waals surface area (Å²) >= 11 is 0. The Morgan fingerprint density at radius 2 is 1.28 bits per heavy atom. The number of carboxylic acids is 1. The Morgan fingerprint density at radius 3 is 1.62 bits per heavy atom. The lowest BCUT2D eigenvalue weighted by molar-refractivity contribution is -0.142. The molecule has 1 amide bonds. The number of rotatable bonds is 9. The number of nitrogens with one attached hydrogen (secondary N) is 1. The van der Waals surface area contributed by atoms with Crippen LogP contribution in [0.3, 0.4) is 0 Å². The second-order valence-corrected chi connectivity index (χ2v) is 7.90. The van der Waals surface area contributed by atoms with Crippen LogP contribution in [0.1, 0.15) is 36.5 Å². The quantitative estimate of drug-likeness (QED) is 0.492. The first kappa shape index (κ1) is 22.8. The summed E-state index contributed by atoms with van der Waals surface area (Å²) in [6.45, 7) is 1.64. The summed E-state index contributed by atoms with van der Waals surface area (Å²) in [5.41, 5.74) is 2.00. The fraction of sp³-hybridized carbons (Fsp3) is 0.222. The van der Waals surface area contributed by atoms with Gasteiger partial charge < -0.3 is 10.4 Å². The number of carbonyl (C=O) groups excluding carboxylic acids is 1. The van der Waals surface area contributed by atoms with Crippen LogP contribution in [-0.4, -0.2) is 23.0 Å². The molecule has 3 rings (SSSR count). The molecule has 2 atom stereocenters. The van der Waals surface area contributed by atoms with Gasteiger partial charge in [-0.15, -0.1) is 0 Å². The van der Waals surface area contributed by atoms with Gasteiger partial charge in [0.05, 0.1) is 11.5 Å². The van der Waals surface area contributed by atoms with Crippen molar-refractivity contribution in [3.05, 3.63) is 108 Å². The molecule has 0 aliphatic rings. The molecular formula is C27H26N2O3. The second-order valence-electron chi connectivity index (χ2n) is 7.90. The summed E-state index contributed by atoms with van der Waals surface area (Å²) in [6, 6.07) is 30.2. The van der Waals surface area contributed by atoms with Crippen LogP contribution in [0, 0.1) is 17.2 Å². The van der Waals surface area contributed by atoms with Crippen molar-refractivity contribution >= 4 is 11.9 Å². The van der Waals surface area contributed by atoms with Gasteiger partial charge in [-0.25, -0.2) is 4.79 Å². The fourth-order valence-electron chi connectivity index (χ4n) is 4.09. The molecule has 162 valence electrons. The van der Waals surface area contributed by atoms with Crippen LogP contribution in [0.4, 0.5) is 0 Å². The molecule has 0 spiro atoms. The smallest absolute Gasteiger partial charge is 0.326 e. The molecule has 0 radical (unpaired) electrons. The van der Waals surface area contributed by atoms with E-state index in [9.17, 15) is 14.7 Å². The Labute approximate surface area is 188 Å². The largest absolute Gasteiger partial charge is 0.480 e. The number of hydrogen-bond acceptors (Lipinski definition) is 3. The van der Waals surface area contributed by atoms with Gasteiger partial charge in [0, 0.05) is 12.3 Å². The molecule has 5 heteroatoms. The first-order valence-corrected chi connectivity index (χ1v) is 10.6. The molecule has 5 nitrogen and oxygen atoms in total. The summed E-state index contributed by atoms with van der Waals surface area (Å²) in [5.74, 6) is -2.03. The summed E-state index contributed by atoms with van der Waals surface area (Å²) in [7, 11) is 0. The Hall–Kier alpha value is -3.91. The first-order valence-electron chi connectivity index (χ1n) is 10.6. The van der Waals surface area contributed by atoms with Gasteiger partial charge in [0.15, 0.2) is 0 Å². The molecule has 0 fully saturated rings. The van der Waals surface area contributed by atoms with Gasteiger partial charge in [0.25, 0.3) is 0 Å². The van der Waals surface area contributed by atoms with Gasteiger partial charge in [-0.1, -0.05) is 91.0 Å². The number of carbonyl (C=O) groups is 2. The SMILES string of the molecule is C[C@H](C#N)C[C@H](NC(=O)CC(c1ccccc1)(c1ccccc1)c1ccccc1)C(=O)O. The van der Waals surface area contributed by atoms with Crippen molar-refractivity contribution in [1.82, 2.24) is 5.32 Å². The Balaban J connectivity index is 2.08. The van der Waals surface area contributed by atoms with E-state index in [1.165, 1.54) is 0 Å². The molecule has 0 saturated carbocycles. The minimum atomic E-state index is -1.15. The molecule has 32 heavy (non-hydrogen) atoms. The maximum atomic E-state index is 13.3. The lowest BCUT2D eigenvalue weighted by Crippen LogP contribution is -2.45. The zero-order chi connectivity index (χ0) is 23.0. The topological polar surface area (TPSA) is 90.2 Å². The monoisotopic (exact) mass is 426 g/mol. The van der Waals surface area contributed by atoms with Crippen molar-refractivity contribution in [1.29, 1.82) is 5.26 Å². The summed E-state index contributed by atoms with van der Waals surface area (Å²) in [5, 5.41) is 21.3. The highest BCUT2D eigenvalue weighted by molar-refractivity contribution is 5.85. The Morgan fingerprint density at radius 1 is 0.875 bits per heavy atom. The standard InChI is InChI=1S/C27H26N2O3/c1-20(19-28)17-24(26(31)32)29-25(30)18-27(21-11-5-2-6-12-21,22-13-7-3-8-14-22)23-15-9-4-10-16-23/h2-16,20,24H,17-18H2,1H3,(H,29,30)(H,31,32)/t20-,24-/m0/s1. The highest BCUT2D eigenvalue weighted by Crippen LogP contribution is 2.42. The number of carboxylic acid groups (broad SMARTS) is 1. The number of nitriles is 1. The van der Waals surface area contributed by atoms with Crippen LogP contribution in [0.2, 0.25) is 0 Å². The predicted octanol–water partition coefficient (Wildman–Crippen LogP) is 4.53. The van der Waals surface area contributed by atoms with E-state index in [4.69, 9.17) is 5.26 Å². The molecule has 0 aromatic heterocycles. The van der Waals surface area contributed by atoms with Gasteiger partial charge in [-0.3, -0.25) is 4.79 Å². The third-order valence-electron chi connectivity index (χ3n) is 5.67. The maximum absolute atomic E-state index is 13.3. The minimum Gasteiger partial charge on any atom is -0.480 e. The molecule has 0 aliphatic heterocycles. The Bertz CT molecular complexity index is 979. The van der Waals surface area contributed by atoms with Crippen molar-refractivity contribution in [3.8, 4) is 6.07 Å².